The number of nitrogens with zero attached hydrogens (tertiary/aromatic N) is 5. The lowest BCUT2D eigenvalue weighted by molar-refractivity contribution is 0.341. The van der Waals surface area contributed by atoms with Gasteiger partial charge in [-0.25, -0.2) is 0 Å². The maximum atomic E-state index is 4.50. The number of rotatable bonds is 4. The fourth-order valence-corrected chi connectivity index (χ4v) is 3.81. The zero-order valence-corrected chi connectivity index (χ0v) is 14.7. The lowest BCUT2D eigenvalue weighted by atomic mass is 10.0. The fraction of sp³-hybridized carbons (Fsp3) is 0.765. The third-order valence-corrected chi connectivity index (χ3v) is 5.26. The Balaban J connectivity index is 1.49. The van der Waals surface area contributed by atoms with E-state index in [1.54, 1.807) is 0 Å². The maximum absolute atomic E-state index is 4.50. The summed E-state index contributed by atoms with van der Waals surface area (Å²) in [4.78, 5) is 9.42. The molecule has 2 saturated heterocycles. The number of nitrogens with one attached hydrogen (secondary N) is 1. The van der Waals surface area contributed by atoms with Gasteiger partial charge < -0.3 is 15.1 Å². The third kappa shape index (κ3) is 3.86. The van der Waals surface area contributed by atoms with Gasteiger partial charge in [-0.1, -0.05) is 6.92 Å². The summed E-state index contributed by atoms with van der Waals surface area (Å²) in [5.74, 6) is 2.39. The lowest BCUT2D eigenvalue weighted by Gasteiger charge is -2.23. The molecule has 3 rings (SSSR count). The van der Waals surface area contributed by atoms with E-state index in [2.05, 4.69) is 38.3 Å². The molecule has 0 bridgehead atoms. The summed E-state index contributed by atoms with van der Waals surface area (Å²) in [7, 11) is 3.88. The number of hydrogen-bond donors (Lipinski definition) is 1. The van der Waals surface area contributed by atoms with Crippen LogP contribution < -0.4 is 5.32 Å². The lowest BCUT2D eigenvalue weighted by Crippen LogP contribution is -2.42. The molecular weight excluding hydrogens is 288 g/mol. The zero-order chi connectivity index (χ0) is 16.2. The highest BCUT2D eigenvalue weighted by Gasteiger charge is 2.28. The molecule has 2 fully saturated rings. The van der Waals surface area contributed by atoms with Crippen LogP contribution in [0.3, 0.4) is 0 Å². The molecule has 2 atom stereocenters. The van der Waals surface area contributed by atoms with Crippen molar-refractivity contribution in [3.05, 3.63) is 18.0 Å². The van der Waals surface area contributed by atoms with E-state index in [0.29, 0.717) is 5.92 Å². The van der Waals surface area contributed by atoms with E-state index in [1.807, 2.05) is 25.0 Å². The molecule has 0 saturated carbocycles. The van der Waals surface area contributed by atoms with Gasteiger partial charge in [0.2, 0.25) is 0 Å². The summed E-state index contributed by atoms with van der Waals surface area (Å²) in [6.45, 7) is 9.04. The van der Waals surface area contributed by atoms with Crippen LogP contribution in [-0.2, 0) is 7.05 Å². The highest BCUT2D eigenvalue weighted by molar-refractivity contribution is 5.80. The van der Waals surface area contributed by atoms with E-state index >= 15 is 0 Å². The molecule has 3 heterocycles. The Morgan fingerprint density at radius 1 is 1.35 bits per heavy atom. The van der Waals surface area contributed by atoms with Gasteiger partial charge in [0.05, 0.1) is 6.20 Å². The minimum Gasteiger partial charge on any atom is -0.356 e. The number of likely N-dealkylation sites (tertiary alicyclic amines) is 2. The molecule has 0 amide bonds. The van der Waals surface area contributed by atoms with Crippen LogP contribution in [-0.4, -0.2) is 71.9 Å². The number of guanidine groups is 1. The molecule has 2 aliphatic heterocycles. The van der Waals surface area contributed by atoms with Gasteiger partial charge in [0.25, 0.3) is 0 Å². The van der Waals surface area contributed by atoms with Crippen molar-refractivity contribution in [2.75, 3.05) is 46.3 Å². The summed E-state index contributed by atoms with van der Waals surface area (Å²) in [6.07, 6.45) is 6.63. The van der Waals surface area contributed by atoms with Crippen LogP contribution in [0, 0.1) is 5.92 Å². The van der Waals surface area contributed by atoms with Crippen molar-refractivity contribution in [1.29, 1.82) is 0 Å². The van der Waals surface area contributed by atoms with E-state index in [0.717, 1.165) is 31.5 Å². The van der Waals surface area contributed by atoms with Gasteiger partial charge in [-0.3, -0.25) is 9.67 Å². The Hall–Kier alpha value is -1.56. The molecule has 0 aliphatic carbocycles. The van der Waals surface area contributed by atoms with Crippen molar-refractivity contribution in [2.45, 2.75) is 25.7 Å². The average molecular weight is 318 g/mol. The van der Waals surface area contributed by atoms with Crippen LogP contribution in [0.2, 0.25) is 0 Å². The van der Waals surface area contributed by atoms with Gasteiger partial charge >= 0.3 is 0 Å². The molecular formula is C17H30N6. The van der Waals surface area contributed by atoms with Gasteiger partial charge in [0.15, 0.2) is 5.96 Å². The van der Waals surface area contributed by atoms with Gasteiger partial charge in [0, 0.05) is 52.4 Å². The first kappa shape index (κ1) is 16.3. The highest BCUT2D eigenvalue weighted by atomic mass is 15.3. The van der Waals surface area contributed by atoms with E-state index in [4.69, 9.17) is 0 Å². The van der Waals surface area contributed by atoms with Crippen molar-refractivity contribution < 1.29 is 0 Å². The molecule has 23 heavy (non-hydrogen) atoms. The predicted molar refractivity (Wildman–Crippen MR) is 93.7 cm³/mol. The minimum absolute atomic E-state index is 0.573. The van der Waals surface area contributed by atoms with Crippen LogP contribution in [0.4, 0.5) is 0 Å². The third-order valence-electron chi connectivity index (χ3n) is 5.26. The van der Waals surface area contributed by atoms with E-state index in [9.17, 15) is 0 Å². The second-order valence-electron chi connectivity index (χ2n) is 6.85. The van der Waals surface area contributed by atoms with E-state index < -0.39 is 0 Å². The topological polar surface area (TPSA) is 48.7 Å². The fourth-order valence-electron chi connectivity index (χ4n) is 3.81. The van der Waals surface area contributed by atoms with Crippen LogP contribution in [0.25, 0.3) is 0 Å². The first-order valence-corrected chi connectivity index (χ1v) is 8.86. The monoisotopic (exact) mass is 318 g/mol. The van der Waals surface area contributed by atoms with Crippen molar-refractivity contribution in [3.63, 3.8) is 0 Å². The van der Waals surface area contributed by atoms with Gasteiger partial charge in [-0.15, -0.1) is 0 Å². The Morgan fingerprint density at radius 2 is 2.22 bits per heavy atom. The first-order chi connectivity index (χ1) is 11.2. The minimum atomic E-state index is 0.573. The standard InChI is InChI=1S/C17H30N6/c1-4-22-7-5-14(11-22)9-19-17(18-2)23-8-6-15(13-23)16-10-20-21(3)12-16/h10,12,14-15H,4-9,11,13H2,1-3H3,(H,18,19). The summed E-state index contributed by atoms with van der Waals surface area (Å²) in [5.41, 5.74) is 1.35. The van der Waals surface area contributed by atoms with Crippen molar-refractivity contribution in [1.82, 2.24) is 24.9 Å². The van der Waals surface area contributed by atoms with Crippen molar-refractivity contribution in [2.24, 2.45) is 18.0 Å². The Kier molecular flexibility index (Phi) is 5.20. The molecule has 6 nitrogen and oxygen atoms in total. The molecule has 0 aromatic carbocycles. The SMILES string of the molecule is CCN1CCC(CNC(=NC)N2CCC(c3cnn(C)c3)C2)C1. The zero-order valence-electron chi connectivity index (χ0n) is 14.7. The average Bonchev–Trinajstić information content (AvgIpc) is 3.28. The number of aliphatic imine (C=N–C) groups is 1. The molecule has 6 heteroatoms. The smallest absolute Gasteiger partial charge is 0.193 e. The number of aromatic nitrogens is 2. The first-order valence-electron chi connectivity index (χ1n) is 8.86. The molecule has 1 N–H and O–H groups in total. The van der Waals surface area contributed by atoms with Crippen molar-refractivity contribution >= 4 is 5.96 Å². The molecule has 0 spiro atoms. The molecule has 1 aromatic heterocycles. The molecule has 2 aliphatic rings. The van der Waals surface area contributed by atoms with Crippen molar-refractivity contribution in [3.8, 4) is 0 Å². The van der Waals surface area contributed by atoms with Crippen LogP contribution in [0.5, 0.6) is 0 Å². The van der Waals surface area contributed by atoms with Crippen LogP contribution in [0.1, 0.15) is 31.2 Å². The predicted octanol–water partition coefficient (Wildman–Crippen LogP) is 1.13. The highest BCUT2D eigenvalue weighted by Crippen LogP contribution is 2.26. The van der Waals surface area contributed by atoms with E-state index in [1.165, 1.54) is 38.0 Å². The molecule has 1 aromatic rings. The molecule has 128 valence electrons. The van der Waals surface area contributed by atoms with Gasteiger partial charge in [-0.05, 0) is 37.4 Å². The van der Waals surface area contributed by atoms with E-state index in [-0.39, 0.29) is 0 Å². The second kappa shape index (κ2) is 7.34. The maximum Gasteiger partial charge on any atom is 0.193 e. The summed E-state index contributed by atoms with van der Waals surface area (Å²) in [5, 5.41) is 7.91. The van der Waals surface area contributed by atoms with Gasteiger partial charge in [0.1, 0.15) is 0 Å². The summed E-state index contributed by atoms with van der Waals surface area (Å²) in [6, 6.07) is 0. The summed E-state index contributed by atoms with van der Waals surface area (Å²) >= 11 is 0. The quantitative estimate of drug-likeness (QED) is 0.668. The molecule has 0 radical (unpaired) electrons. The normalized spacial score (nSPS) is 26.2. The number of hydrogen-bond acceptors (Lipinski definition) is 3. The largest absolute Gasteiger partial charge is 0.356 e. The Bertz CT molecular complexity index is 537. The van der Waals surface area contributed by atoms with Crippen LogP contribution in [0.15, 0.2) is 17.4 Å². The second-order valence-corrected chi connectivity index (χ2v) is 6.85. The van der Waals surface area contributed by atoms with Crippen LogP contribution >= 0.6 is 0 Å². The summed E-state index contributed by atoms with van der Waals surface area (Å²) < 4.78 is 1.89. The number of aryl methyl sites for hydroxylation is 1. The van der Waals surface area contributed by atoms with Gasteiger partial charge in [-0.2, -0.15) is 5.10 Å². The Labute approximate surface area is 139 Å². The Morgan fingerprint density at radius 3 is 2.87 bits per heavy atom. The molecule has 2 unspecified atom stereocenters.